The Morgan fingerprint density at radius 3 is 2.73 bits per heavy atom. The number of aliphatic hydroxyl groups is 1. The Bertz CT molecular complexity index is 853. The molecule has 1 N–H and O–H groups in total. The Morgan fingerprint density at radius 2 is 2.04 bits per heavy atom. The van der Waals surface area contributed by atoms with Gasteiger partial charge in [-0.2, -0.15) is 5.10 Å². The number of nitrogens with zero attached hydrogens (tertiary/aromatic N) is 3. The van der Waals surface area contributed by atoms with Crippen LogP contribution in [-0.4, -0.2) is 38.8 Å². The van der Waals surface area contributed by atoms with Crippen LogP contribution in [0.1, 0.15) is 34.2 Å². The molecule has 1 fully saturated rings. The van der Waals surface area contributed by atoms with Gasteiger partial charge in [0.05, 0.1) is 11.8 Å². The van der Waals surface area contributed by atoms with Crippen LogP contribution in [0, 0.1) is 5.92 Å². The number of thiophene rings is 1. The molecule has 26 heavy (non-hydrogen) atoms. The zero-order valence-electron chi connectivity index (χ0n) is 14.4. The van der Waals surface area contributed by atoms with Gasteiger partial charge >= 0.3 is 0 Å². The Labute approximate surface area is 156 Å². The first-order valence-electron chi connectivity index (χ1n) is 8.83. The largest absolute Gasteiger partial charge is 0.387 e. The van der Waals surface area contributed by atoms with Crippen molar-refractivity contribution in [1.29, 1.82) is 0 Å². The lowest BCUT2D eigenvalue weighted by molar-refractivity contribution is 0.0474. The summed E-state index contributed by atoms with van der Waals surface area (Å²) in [4.78, 5) is 15.8. The number of likely N-dealkylation sites (tertiary alicyclic amines) is 1. The van der Waals surface area contributed by atoms with Gasteiger partial charge in [0.1, 0.15) is 0 Å². The van der Waals surface area contributed by atoms with E-state index >= 15 is 0 Å². The zero-order valence-corrected chi connectivity index (χ0v) is 15.2. The predicted molar refractivity (Wildman–Crippen MR) is 101 cm³/mol. The Hall–Kier alpha value is -2.44. The van der Waals surface area contributed by atoms with Gasteiger partial charge in [-0.05, 0) is 54.5 Å². The fourth-order valence-electron chi connectivity index (χ4n) is 3.50. The Balaban J connectivity index is 1.42. The summed E-state index contributed by atoms with van der Waals surface area (Å²) < 4.78 is 1.75. The number of rotatable bonds is 4. The summed E-state index contributed by atoms with van der Waals surface area (Å²) in [6.45, 7) is 1.36. The summed E-state index contributed by atoms with van der Waals surface area (Å²) in [5.41, 5.74) is 1.55. The quantitative estimate of drug-likeness (QED) is 0.768. The van der Waals surface area contributed by atoms with E-state index in [2.05, 4.69) is 5.10 Å². The number of carbonyl (C=O) groups excluding carboxylic acids is 1. The van der Waals surface area contributed by atoms with E-state index < -0.39 is 6.10 Å². The van der Waals surface area contributed by atoms with E-state index in [-0.39, 0.29) is 11.8 Å². The van der Waals surface area contributed by atoms with Crippen LogP contribution >= 0.6 is 11.3 Å². The fourth-order valence-corrected chi connectivity index (χ4v) is 4.30. The lowest BCUT2D eigenvalue weighted by atomic mass is 9.90. The smallest absolute Gasteiger partial charge is 0.253 e. The van der Waals surface area contributed by atoms with E-state index in [0.29, 0.717) is 18.7 Å². The average Bonchev–Trinajstić information content (AvgIpc) is 3.41. The Kier molecular flexibility index (Phi) is 4.86. The lowest BCUT2D eigenvalue weighted by Gasteiger charge is -2.34. The summed E-state index contributed by atoms with van der Waals surface area (Å²) in [6.07, 6.45) is 4.81. The molecule has 1 aliphatic rings. The number of amides is 1. The van der Waals surface area contributed by atoms with Crippen LogP contribution in [0.25, 0.3) is 5.69 Å². The first kappa shape index (κ1) is 17.0. The molecule has 0 radical (unpaired) electrons. The lowest BCUT2D eigenvalue weighted by Crippen LogP contribution is -2.39. The van der Waals surface area contributed by atoms with E-state index in [0.717, 1.165) is 23.4 Å². The summed E-state index contributed by atoms with van der Waals surface area (Å²) >= 11 is 1.59. The standard InChI is InChI=1S/C20H21N3O2S/c24-19(18-6-2-13-26-18)15-7-11-22(12-8-15)20(25)16-4-1-5-17(14-16)23-10-3-9-21-23/h1-6,9-10,13-15,19,24H,7-8,11-12H2. The molecule has 1 aromatic carbocycles. The zero-order chi connectivity index (χ0) is 17.9. The molecule has 0 spiro atoms. The SMILES string of the molecule is O=C(c1cccc(-n2cccn2)c1)N1CCC(C(O)c2cccs2)CC1. The van der Waals surface area contributed by atoms with Gasteiger partial charge in [-0.25, -0.2) is 4.68 Å². The van der Waals surface area contributed by atoms with Crippen LogP contribution in [0.3, 0.4) is 0 Å². The van der Waals surface area contributed by atoms with E-state index in [1.165, 1.54) is 0 Å². The number of benzene rings is 1. The third kappa shape index (κ3) is 3.43. The van der Waals surface area contributed by atoms with Crippen molar-refractivity contribution < 1.29 is 9.90 Å². The molecule has 1 amide bonds. The summed E-state index contributed by atoms with van der Waals surface area (Å²) in [7, 11) is 0. The maximum absolute atomic E-state index is 12.9. The van der Waals surface area contributed by atoms with Gasteiger partial charge in [0, 0.05) is 35.9 Å². The number of carbonyl (C=O) groups is 1. The second kappa shape index (κ2) is 7.43. The number of aromatic nitrogens is 2. The second-order valence-electron chi connectivity index (χ2n) is 6.59. The van der Waals surface area contributed by atoms with Gasteiger partial charge < -0.3 is 10.0 Å². The topological polar surface area (TPSA) is 58.4 Å². The maximum Gasteiger partial charge on any atom is 0.253 e. The molecule has 1 atom stereocenters. The molecule has 1 saturated heterocycles. The van der Waals surface area contributed by atoms with Crippen molar-refractivity contribution in [2.24, 2.45) is 5.92 Å². The van der Waals surface area contributed by atoms with Crippen LogP contribution in [0.15, 0.2) is 60.2 Å². The highest BCUT2D eigenvalue weighted by Gasteiger charge is 2.29. The minimum atomic E-state index is -0.421. The predicted octanol–water partition coefficient (Wildman–Crippen LogP) is 3.52. The van der Waals surface area contributed by atoms with Crippen molar-refractivity contribution in [3.63, 3.8) is 0 Å². The van der Waals surface area contributed by atoms with Crippen molar-refractivity contribution in [2.75, 3.05) is 13.1 Å². The average molecular weight is 367 g/mol. The van der Waals surface area contributed by atoms with Crippen LogP contribution in [0.4, 0.5) is 0 Å². The monoisotopic (exact) mass is 367 g/mol. The fraction of sp³-hybridized carbons (Fsp3) is 0.300. The van der Waals surface area contributed by atoms with Gasteiger partial charge in [-0.15, -0.1) is 11.3 Å². The van der Waals surface area contributed by atoms with E-state index in [9.17, 15) is 9.90 Å². The van der Waals surface area contributed by atoms with Gasteiger partial charge in [-0.1, -0.05) is 12.1 Å². The molecule has 3 heterocycles. The number of hydrogen-bond acceptors (Lipinski definition) is 4. The van der Waals surface area contributed by atoms with E-state index in [1.807, 2.05) is 58.9 Å². The molecule has 0 aliphatic carbocycles. The van der Waals surface area contributed by atoms with Crippen molar-refractivity contribution in [3.8, 4) is 5.69 Å². The molecule has 4 rings (SSSR count). The molecule has 1 aliphatic heterocycles. The van der Waals surface area contributed by atoms with Crippen LogP contribution < -0.4 is 0 Å². The molecule has 0 saturated carbocycles. The highest BCUT2D eigenvalue weighted by molar-refractivity contribution is 7.10. The van der Waals surface area contributed by atoms with Crippen LogP contribution in [-0.2, 0) is 0 Å². The van der Waals surface area contributed by atoms with Gasteiger partial charge in [0.2, 0.25) is 0 Å². The second-order valence-corrected chi connectivity index (χ2v) is 7.57. The maximum atomic E-state index is 12.9. The Morgan fingerprint density at radius 1 is 1.19 bits per heavy atom. The third-order valence-corrected chi connectivity index (χ3v) is 5.91. The first-order valence-corrected chi connectivity index (χ1v) is 9.71. The van der Waals surface area contributed by atoms with Crippen molar-refractivity contribution in [2.45, 2.75) is 18.9 Å². The van der Waals surface area contributed by atoms with Crippen molar-refractivity contribution in [1.82, 2.24) is 14.7 Å². The minimum Gasteiger partial charge on any atom is -0.387 e. The number of hydrogen-bond donors (Lipinski definition) is 1. The molecule has 2 aromatic heterocycles. The van der Waals surface area contributed by atoms with E-state index in [1.54, 1.807) is 22.2 Å². The molecule has 134 valence electrons. The summed E-state index contributed by atoms with van der Waals surface area (Å²) in [5.74, 6) is 0.260. The third-order valence-electron chi connectivity index (χ3n) is 4.97. The van der Waals surface area contributed by atoms with Crippen molar-refractivity contribution >= 4 is 17.2 Å². The summed E-state index contributed by atoms with van der Waals surface area (Å²) in [6, 6.07) is 13.4. The molecular formula is C20H21N3O2S. The molecule has 5 nitrogen and oxygen atoms in total. The van der Waals surface area contributed by atoms with Gasteiger partial charge in [0.15, 0.2) is 0 Å². The molecular weight excluding hydrogens is 346 g/mol. The highest BCUT2D eigenvalue weighted by Crippen LogP contribution is 2.33. The van der Waals surface area contributed by atoms with Gasteiger partial charge in [-0.3, -0.25) is 4.79 Å². The van der Waals surface area contributed by atoms with Crippen molar-refractivity contribution in [3.05, 3.63) is 70.7 Å². The van der Waals surface area contributed by atoms with Crippen LogP contribution in [0.5, 0.6) is 0 Å². The molecule has 6 heteroatoms. The van der Waals surface area contributed by atoms with E-state index in [4.69, 9.17) is 0 Å². The molecule has 1 unspecified atom stereocenters. The first-order chi connectivity index (χ1) is 12.7. The normalized spacial score (nSPS) is 16.6. The van der Waals surface area contributed by atoms with Gasteiger partial charge in [0.25, 0.3) is 5.91 Å². The molecule has 0 bridgehead atoms. The summed E-state index contributed by atoms with van der Waals surface area (Å²) in [5, 5.41) is 16.7. The highest BCUT2D eigenvalue weighted by atomic mass is 32.1. The van der Waals surface area contributed by atoms with Crippen LogP contribution in [0.2, 0.25) is 0 Å². The number of aliphatic hydroxyl groups excluding tert-OH is 1. The minimum absolute atomic E-state index is 0.0445. The molecule has 3 aromatic rings. The number of piperidine rings is 1.